The molecule has 0 aromatic heterocycles. The van der Waals surface area contributed by atoms with E-state index >= 15 is 0 Å². The van der Waals surface area contributed by atoms with E-state index in [2.05, 4.69) is 5.32 Å². The van der Waals surface area contributed by atoms with Gasteiger partial charge in [-0.05, 0) is 24.3 Å². The lowest BCUT2D eigenvalue weighted by atomic mass is 10.1. The predicted octanol–water partition coefficient (Wildman–Crippen LogP) is 3.32. The third-order valence-electron chi connectivity index (χ3n) is 2.70. The highest BCUT2D eigenvalue weighted by atomic mass is 35.5. The lowest BCUT2D eigenvalue weighted by molar-refractivity contribution is 0.102. The van der Waals surface area contributed by atoms with Gasteiger partial charge in [0.2, 0.25) is 0 Å². The summed E-state index contributed by atoms with van der Waals surface area (Å²) in [5.74, 6) is -0.627. The van der Waals surface area contributed by atoms with E-state index in [1.54, 1.807) is 6.07 Å². The average Bonchev–Trinajstić information content (AvgIpc) is 2.42. The first kappa shape index (κ1) is 14.1. The Hall–Kier alpha value is -2.27. The summed E-state index contributed by atoms with van der Waals surface area (Å²) in [7, 11) is 1.49. The Kier molecular flexibility index (Phi) is 4.10. The second-order valence-corrected chi connectivity index (χ2v) is 4.41. The van der Waals surface area contributed by atoms with Crippen molar-refractivity contribution in [1.29, 1.82) is 0 Å². The van der Waals surface area contributed by atoms with Gasteiger partial charge >= 0.3 is 0 Å². The first-order valence-electron chi connectivity index (χ1n) is 5.72. The molecule has 2 rings (SSSR count). The molecule has 0 atom stereocenters. The molecule has 0 aliphatic rings. The van der Waals surface area contributed by atoms with Crippen LogP contribution in [0.25, 0.3) is 0 Å². The maximum Gasteiger partial charge on any atom is 0.257 e. The van der Waals surface area contributed by atoms with Crippen LogP contribution in [-0.2, 0) is 0 Å². The Morgan fingerprint density at radius 3 is 2.70 bits per heavy atom. The van der Waals surface area contributed by atoms with Gasteiger partial charge in [-0.1, -0.05) is 17.7 Å². The number of carbonyl (C=O) groups excluding carboxylic acids is 1. The quantitative estimate of drug-likeness (QED) is 0.854. The number of rotatable bonds is 3. The van der Waals surface area contributed by atoms with Gasteiger partial charge in [0, 0.05) is 11.8 Å². The van der Waals surface area contributed by atoms with Crippen LogP contribution in [0.3, 0.4) is 0 Å². The fraction of sp³-hybridized carbons (Fsp3) is 0.0714. The molecule has 0 aliphatic carbocycles. The SMILES string of the molecule is COc1ccc(C(=O)Nc2c(F)cccc2Cl)c(N)c1. The number of nitrogens with one attached hydrogen (secondary N) is 1. The molecule has 0 radical (unpaired) electrons. The van der Waals surface area contributed by atoms with Crippen molar-refractivity contribution in [1.82, 2.24) is 0 Å². The molecule has 4 nitrogen and oxygen atoms in total. The molecular formula is C14H12ClFN2O2. The molecule has 0 unspecified atom stereocenters. The molecule has 0 heterocycles. The van der Waals surface area contributed by atoms with Crippen molar-refractivity contribution in [2.75, 3.05) is 18.2 Å². The van der Waals surface area contributed by atoms with Crippen LogP contribution in [-0.4, -0.2) is 13.0 Å². The average molecular weight is 295 g/mol. The highest BCUT2D eigenvalue weighted by molar-refractivity contribution is 6.34. The number of nitrogens with two attached hydrogens (primary N) is 1. The largest absolute Gasteiger partial charge is 0.497 e. The first-order valence-corrected chi connectivity index (χ1v) is 6.09. The fourth-order valence-corrected chi connectivity index (χ4v) is 1.88. The minimum absolute atomic E-state index is 0.0746. The van der Waals surface area contributed by atoms with Crippen molar-refractivity contribution in [3.05, 3.63) is 52.8 Å². The lowest BCUT2D eigenvalue weighted by Gasteiger charge is -2.10. The lowest BCUT2D eigenvalue weighted by Crippen LogP contribution is -2.15. The minimum Gasteiger partial charge on any atom is -0.497 e. The fourth-order valence-electron chi connectivity index (χ4n) is 1.67. The summed E-state index contributed by atoms with van der Waals surface area (Å²) in [6.45, 7) is 0. The topological polar surface area (TPSA) is 64.3 Å². The maximum absolute atomic E-state index is 13.6. The zero-order chi connectivity index (χ0) is 14.7. The number of anilines is 2. The first-order chi connectivity index (χ1) is 9.52. The van der Waals surface area contributed by atoms with Crippen LogP contribution in [0, 0.1) is 5.82 Å². The van der Waals surface area contributed by atoms with Crippen LogP contribution in [0.1, 0.15) is 10.4 Å². The Morgan fingerprint density at radius 1 is 1.35 bits per heavy atom. The van der Waals surface area contributed by atoms with Gasteiger partial charge in [-0.2, -0.15) is 0 Å². The molecule has 2 aromatic rings. The van der Waals surface area contributed by atoms with Crippen molar-refractivity contribution >= 4 is 28.9 Å². The summed E-state index contributed by atoms with van der Waals surface area (Å²) in [5.41, 5.74) is 6.13. The van der Waals surface area contributed by atoms with Gasteiger partial charge < -0.3 is 15.8 Å². The molecule has 0 aliphatic heterocycles. The molecule has 0 bridgehead atoms. The second kappa shape index (κ2) is 5.79. The standard InChI is InChI=1S/C14H12ClFN2O2/c1-20-8-5-6-9(12(17)7-8)14(19)18-13-10(15)3-2-4-11(13)16/h2-7H,17H2,1H3,(H,18,19). The maximum atomic E-state index is 13.6. The molecule has 0 fully saturated rings. The van der Waals surface area contributed by atoms with Crippen molar-refractivity contribution in [2.45, 2.75) is 0 Å². The van der Waals surface area contributed by atoms with Crippen molar-refractivity contribution in [2.24, 2.45) is 0 Å². The van der Waals surface area contributed by atoms with E-state index in [4.69, 9.17) is 22.1 Å². The summed E-state index contributed by atoms with van der Waals surface area (Å²) in [6, 6.07) is 8.75. The summed E-state index contributed by atoms with van der Waals surface area (Å²) in [5, 5.41) is 2.52. The molecule has 0 saturated carbocycles. The Morgan fingerprint density at radius 2 is 2.10 bits per heavy atom. The Labute approximate surface area is 120 Å². The molecule has 2 aromatic carbocycles. The number of amides is 1. The molecule has 104 valence electrons. The summed E-state index contributed by atoms with van der Waals surface area (Å²) < 4.78 is 18.6. The van der Waals surface area contributed by atoms with E-state index in [9.17, 15) is 9.18 Å². The van der Waals surface area contributed by atoms with Crippen LogP contribution in [0.2, 0.25) is 5.02 Å². The van der Waals surface area contributed by atoms with E-state index < -0.39 is 11.7 Å². The number of ether oxygens (including phenoxy) is 1. The third kappa shape index (κ3) is 2.83. The van der Waals surface area contributed by atoms with E-state index in [-0.39, 0.29) is 22.0 Å². The van der Waals surface area contributed by atoms with E-state index in [1.807, 2.05) is 0 Å². The van der Waals surface area contributed by atoms with Gasteiger partial charge in [0.05, 0.1) is 23.4 Å². The monoisotopic (exact) mass is 294 g/mol. The van der Waals surface area contributed by atoms with E-state index in [0.717, 1.165) is 0 Å². The highest BCUT2D eigenvalue weighted by Crippen LogP contribution is 2.26. The Balaban J connectivity index is 2.29. The van der Waals surface area contributed by atoms with Crippen molar-refractivity contribution in [3.8, 4) is 5.75 Å². The molecule has 3 N–H and O–H groups in total. The van der Waals surface area contributed by atoms with Crippen molar-refractivity contribution in [3.63, 3.8) is 0 Å². The molecule has 6 heteroatoms. The normalized spacial score (nSPS) is 10.2. The van der Waals surface area contributed by atoms with E-state index in [0.29, 0.717) is 5.75 Å². The zero-order valence-electron chi connectivity index (χ0n) is 10.6. The van der Waals surface area contributed by atoms with Gasteiger partial charge in [0.25, 0.3) is 5.91 Å². The number of benzene rings is 2. The smallest absolute Gasteiger partial charge is 0.257 e. The summed E-state index contributed by atoms with van der Waals surface area (Å²) in [4.78, 5) is 12.1. The summed E-state index contributed by atoms with van der Waals surface area (Å²) >= 11 is 5.84. The molecular weight excluding hydrogens is 283 g/mol. The molecule has 0 saturated heterocycles. The van der Waals surface area contributed by atoms with Gasteiger partial charge in [0.15, 0.2) is 0 Å². The van der Waals surface area contributed by atoms with E-state index in [1.165, 1.54) is 37.4 Å². The van der Waals surface area contributed by atoms with Crippen LogP contribution in [0.4, 0.5) is 15.8 Å². The second-order valence-electron chi connectivity index (χ2n) is 4.00. The zero-order valence-corrected chi connectivity index (χ0v) is 11.4. The van der Waals surface area contributed by atoms with Crippen LogP contribution < -0.4 is 15.8 Å². The Bertz CT molecular complexity index is 641. The van der Waals surface area contributed by atoms with Gasteiger partial charge in [-0.25, -0.2) is 4.39 Å². The van der Waals surface area contributed by atoms with Crippen LogP contribution in [0.5, 0.6) is 5.75 Å². The number of methoxy groups -OCH3 is 1. The van der Waals surface area contributed by atoms with Crippen molar-refractivity contribution < 1.29 is 13.9 Å². The number of carbonyl (C=O) groups is 1. The summed E-state index contributed by atoms with van der Waals surface area (Å²) in [6.07, 6.45) is 0. The number of halogens is 2. The number of hydrogen-bond acceptors (Lipinski definition) is 3. The van der Waals surface area contributed by atoms with Gasteiger partial charge in [-0.3, -0.25) is 4.79 Å². The predicted molar refractivity (Wildman–Crippen MR) is 76.8 cm³/mol. The van der Waals surface area contributed by atoms with Gasteiger partial charge in [0.1, 0.15) is 11.6 Å². The van der Waals surface area contributed by atoms with Crippen LogP contribution >= 0.6 is 11.6 Å². The minimum atomic E-state index is -0.613. The number of para-hydroxylation sites is 1. The third-order valence-corrected chi connectivity index (χ3v) is 3.02. The molecule has 1 amide bonds. The number of hydrogen-bond donors (Lipinski definition) is 2. The van der Waals surface area contributed by atoms with Gasteiger partial charge in [-0.15, -0.1) is 0 Å². The molecule has 20 heavy (non-hydrogen) atoms. The highest BCUT2D eigenvalue weighted by Gasteiger charge is 2.14. The molecule has 0 spiro atoms. The number of nitrogen functional groups attached to an aromatic ring is 1. The van der Waals surface area contributed by atoms with Crippen LogP contribution in [0.15, 0.2) is 36.4 Å².